The lowest BCUT2D eigenvalue weighted by molar-refractivity contribution is -0.250. The smallest absolute Gasteiger partial charge is 0.380 e. The zero-order valence-electron chi connectivity index (χ0n) is 42.3. The standard InChI is InChI=1S/C53H70F5N7O6S3/c1-50(2)20-18-39(44(32-50)51-35-52(36-51,37-51)49(54)55)33-63-25-27-64(28-26-63)41-14-12-38(13-15-41)48(67)61-74(70,71)43-16-17-45(46(31-43)73(68,69)53(56,57)58)60-40(34-72-42-9-5-3-6-10-42)19-22-62-23-29-65(30-24-62)47(66)11-7-4-8-21-59/h3,5-6,9-10,12-17,31,40,49,60H,4,7-8,11,18-30,32-37,59H2,1-2H3,(H,61,67)/t40-,51?,52?/m1/s1. The zero-order chi connectivity index (χ0) is 53.1. The van der Waals surface area contributed by atoms with Crippen LogP contribution in [0, 0.1) is 16.2 Å². The number of hydrogen-bond donors (Lipinski definition) is 3. The van der Waals surface area contributed by atoms with E-state index in [1.807, 2.05) is 40.0 Å². The summed E-state index contributed by atoms with van der Waals surface area (Å²) in [5.41, 5.74) is 2.25. The summed E-state index contributed by atoms with van der Waals surface area (Å²) in [6.45, 7) is 11.5. The molecule has 2 saturated heterocycles. The monoisotopic (exact) mass is 1090 g/mol. The summed E-state index contributed by atoms with van der Waals surface area (Å²) in [4.78, 5) is 33.5. The van der Waals surface area contributed by atoms with Gasteiger partial charge in [-0.05, 0) is 130 Å². The molecule has 5 fully saturated rings. The van der Waals surface area contributed by atoms with Crippen LogP contribution < -0.4 is 20.7 Å². The largest absolute Gasteiger partial charge is 0.501 e. The number of nitrogens with zero attached hydrogens (tertiary/aromatic N) is 4. The molecule has 13 nitrogen and oxygen atoms in total. The Morgan fingerprint density at radius 1 is 0.824 bits per heavy atom. The maximum atomic E-state index is 14.3. The molecule has 74 heavy (non-hydrogen) atoms. The molecule has 4 N–H and O–H groups in total. The predicted octanol–water partition coefficient (Wildman–Crippen LogP) is 8.79. The third kappa shape index (κ3) is 12.8. The number of unbranched alkanes of at least 4 members (excludes halogenated alkanes) is 2. The minimum absolute atomic E-state index is 0.0376. The van der Waals surface area contributed by atoms with Crippen LogP contribution in [0.25, 0.3) is 0 Å². The first-order chi connectivity index (χ1) is 35.0. The van der Waals surface area contributed by atoms with Gasteiger partial charge in [-0.2, -0.15) is 13.2 Å². The van der Waals surface area contributed by atoms with Gasteiger partial charge >= 0.3 is 5.51 Å². The highest BCUT2D eigenvalue weighted by atomic mass is 32.2. The number of rotatable bonds is 22. The highest BCUT2D eigenvalue weighted by Gasteiger charge is 2.73. The minimum Gasteiger partial charge on any atom is -0.380 e. The average molecular weight is 1090 g/mol. The second-order valence-electron chi connectivity index (χ2n) is 21.8. The molecule has 9 rings (SSSR count). The van der Waals surface area contributed by atoms with Gasteiger partial charge in [0.25, 0.3) is 25.8 Å². The third-order valence-electron chi connectivity index (χ3n) is 15.9. The van der Waals surface area contributed by atoms with Gasteiger partial charge in [0.2, 0.25) is 12.3 Å². The first-order valence-corrected chi connectivity index (χ1v) is 29.7. The predicted molar refractivity (Wildman–Crippen MR) is 279 cm³/mol. The van der Waals surface area contributed by atoms with E-state index >= 15 is 0 Å². The fourth-order valence-electron chi connectivity index (χ4n) is 11.6. The topological polar surface area (TPSA) is 165 Å². The van der Waals surface area contributed by atoms with E-state index in [9.17, 15) is 48.4 Å². The number of carbonyl (C=O) groups excluding carboxylic acids is 2. The maximum Gasteiger partial charge on any atom is 0.501 e. The van der Waals surface area contributed by atoms with Gasteiger partial charge < -0.3 is 20.9 Å². The number of halogens is 5. The third-order valence-corrected chi connectivity index (χ3v) is 19.9. The summed E-state index contributed by atoms with van der Waals surface area (Å²) < 4.78 is 126. The minimum atomic E-state index is -6.12. The molecular formula is C53H70F5N7O6S3. The van der Waals surface area contributed by atoms with Crippen LogP contribution in [0.5, 0.6) is 0 Å². The second kappa shape index (κ2) is 22.7. The molecule has 2 bridgehead atoms. The normalized spacial score (nSPS) is 23.0. The molecule has 0 spiro atoms. The molecule has 4 aliphatic carbocycles. The van der Waals surface area contributed by atoms with Crippen molar-refractivity contribution in [3.63, 3.8) is 0 Å². The molecule has 21 heteroatoms. The first kappa shape index (κ1) is 55.9. The number of sulfonamides is 1. The van der Waals surface area contributed by atoms with Crippen molar-refractivity contribution in [2.24, 2.45) is 22.0 Å². The summed E-state index contributed by atoms with van der Waals surface area (Å²) in [6.07, 6.45) is 5.85. The number of sulfone groups is 1. The number of hydrogen-bond acceptors (Lipinski definition) is 12. The van der Waals surface area contributed by atoms with Crippen molar-refractivity contribution in [1.82, 2.24) is 19.4 Å². The number of nitrogens with two attached hydrogens (primary N) is 1. The van der Waals surface area contributed by atoms with Gasteiger partial charge in [-0.25, -0.2) is 30.3 Å². The van der Waals surface area contributed by atoms with E-state index in [-0.39, 0.29) is 22.3 Å². The highest BCUT2D eigenvalue weighted by molar-refractivity contribution is 7.99. The van der Waals surface area contributed by atoms with Gasteiger partial charge in [-0.1, -0.05) is 49.6 Å². The van der Waals surface area contributed by atoms with E-state index in [1.165, 1.54) is 35.0 Å². The van der Waals surface area contributed by atoms with Gasteiger partial charge in [0.15, 0.2) is 0 Å². The van der Waals surface area contributed by atoms with E-state index in [1.54, 1.807) is 12.1 Å². The first-order valence-electron chi connectivity index (χ1n) is 25.8. The molecule has 2 amide bonds. The zero-order valence-corrected chi connectivity index (χ0v) is 44.7. The molecule has 3 saturated carbocycles. The number of thioether (sulfide) groups is 1. The molecule has 1 atom stereocenters. The van der Waals surface area contributed by atoms with Crippen molar-refractivity contribution in [2.75, 3.05) is 88.0 Å². The van der Waals surface area contributed by atoms with Crippen LogP contribution in [-0.4, -0.2) is 139 Å². The van der Waals surface area contributed by atoms with Crippen molar-refractivity contribution >= 4 is 54.8 Å². The van der Waals surface area contributed by atoms with Crippen molar-refractivity contribution in [3.05, 3.63) is 89.5 Å². The van der Waals surface area contributed by atoms with Gasteiger partial charge in [0, 0.05) is 105 Å². The summed E-state index contributed by atoms with van der Waals surface area (Å²) in [7, 11) is -11.0. The van der Waals surface area contributed by atoms with Crippen LogP contribution in [0.2, 0.25) is 0 Å². The Kier molecular flexibility index (Phi) is 17.2. The second-order valence-corrected chi connectivity index (χ2v) is 26.5. The summed E-state index contributed by atoms with van der Waals surface area (Å²) in [5.74, 6) is -0.660. The van der Waals surface area contributed by atoms with Crippen LogP contribution >= 0.6 is 11.8 Å². The van der Waals surface area contributed by atoms with Crippen LogP contribution in [0.3, 0.4) is 0 Å². The molecule has 6 aliphatic rings. The van der Waals surface area contributed by atoms with E-state index in [4.69, 9.17) is 5.73 Å². The fraction of sp³-hybridized carbons (Fsp3) is 0.585. The van der Waals surface area contributed by atoms with Crippen LogP contribution in [0.4, 0.5) is 33.3 Å². The molecule has 0 radical (unpaired) electrons. The van der Waals surface area contributed by atoms with E-state index in [2.05, 4.69) is 33.9 Å². The quantitative estimate of drug-likeness (QED) is 0.0380. The Morgan fingerprint density at radius 2 is 1.49 bits per heavy atom. The van der Waals surface area contributed by atoms with Gasteiger partial charge in [-0.3, -0.25) is 19.4 Å². The summed E-state index contributed by atoms with van der Waals surface area (Å²) in [5, 5.41) is 3.00. The fourth-order valence-corrected chi connectivity index (χ4v) is 14.6. The molecular weight excluding hydrogens is 1020 g/mol. The Hall–Kier alpha value is -4.28. The van der Waals surface area contributed by atoms with Crippen molar-refractivity contribution < 1.29 is 48.4 Å². The maximum absolute atomic E-state index is 14.3. The summed E-state index contributed by atoms with van der Waals surface area (Å²) >= 11 is 1.42. The van der Waals surface area contributed by atoms with E-state index < -0.39 is 64.6 Å². The number of anilines is 2. The molecule has 0 unspecified atom stereocenters. The number of benzene rings is 3. The Labute approximate surface area is 437 Å². The number of nitrogens with one attached hydrogen (secondary N) is 2. The molecule has 406 valence electrons. The van der Waals surface area contributed by atoms with Crippen molar-refractivity contribution in [2.45, 2.75) is 117 Å². The molecule has 2 aliphatic heterocycles. The van der Waals surface area contributed by atoms with Crippen LogP contribution in [0.15, 0.2) is 98.6 Å². The Bertz CT molecular complexity index is 2710. The highest BCUT2D eigenvalue weighted by Crippen LogP contribution is 2.79. The van der Waals surface area contributed by atoms with Crippen LogP contribution in [0.1, 0.15) is 94.8 Å². The SMILES string of the molecule is CC1(C)CCC(CN2CCN(c3ccc(C(=O)NS(=O)(=O)c4ccc(N[C@H](CCN5CCN(C(=O)CCCCCN)CC5)CSc5ccccc5)c(S(=O)(=O)C(F)(F)F)c4)cc3)CC2)=C(C23CC(C(F)F)(C2)C3)C1. The number of allylic oxidation sites excluding steroid dienone is 1. The lowest BCUT2D eigenvalue weighted by atomic mass is 9.32. The average Bonchev–Trinajstić information content (AvgIpc) is 3.33. The number of carbonyl (C=O) groups is 2. The molecule has 3 aromatic carbocycles. The van der Waals surface area contributed by atoms with Gasteiger partial charge in [-0.15, -0.1) is 11.8 Å². The van der Waals surface area contributed by atoms with Crippen molar-refractivity contribution in [1.29, 1.82) is 0 Å². The van der Waals surface area contributed by atoms with Gasteiger partial charge in [0.05, 0.1) is 10.6 Å². The lowest BCUT2D eigenvalue weighted by Crippen LogP contribution is -2.66. The molecule has 0 aromatic heterocycles. The van der Waals surface area contributed by atoms with Crippen LogP contribution in [-0.2, 0) is 24.7 Å². The number of alkyl halides is 5. The number of amides is 2. The Balaban J connectivity index is 0.901. The lowest BCUT2D eigenvalue weighted by Gasteiger charge is -2.72. The summed E-state index contributed by atoms with van der Waals surface area (Å²) in [6, 6.07) is 17.4. The van der Waals surface area contributed by atoms with E-state index in [0.717, 1.165) is 80.9 Å². The Morgan fingerprint density at radius 3 is 2.12 bits per heavy atom. The van der Waals surface area contributed by atoms with Gasteiger partial charge in [0.1, 0.15) is 4.90 Å². The molecule has 2 heterocycles. The van der Waals surface area contributed by atoms with Crippen molar-refractivity contribution in [3.8, 4) is 0 Å². The number of piperazine rings is 2. The van der Waals surface area contributed by atoms with E-state index in [0.29, 0.717) is 96.3 Å². The molecule has 3 aromatic rings.